The fourth-order valence-electron chi connectivity index (χ4n) is 3.52. The van der Waals surface area contributed by atoms with Crippen molar-refractivity contribution in [3.05, 3.63) is 53.7 Å². The topological polar surface area (TPSA) is 45.2 Å². The largest absolute Gasteiger partial charge is 0.336 e. The molecule has 2 heterocycles. The summed E-state index contributed by atoms with van der Waals surface area (Å²) in [5.74, 6) is 0.123. The molecule has 0 aliphatic carbocycles. The smallest absolute Gasteiger partial charge is 0.255 e. The average molecular weight is 337 g/mol. The molecule has 132 valence electrons. The van der Waals surface area contributed by atoms with Crippen molar-refractivity contribution in [3.8, 4) is 11.3 Å². The normalized spacial score (nSPS) is 15.1. The second kappa shape index (κ2) is 8.26. The van der Waals surface area contributed by atoms with Gasteiger partial charge in [0.15, 0.2) is 0 Å². The molecule has 0 atom stereocenters. The molecule has 0 saturated carbocycles. The monoisotopic (exact) mass is 337 g/mol. The number of nitrogens with one attached hydrogen (secondary N) is 1. The molecular weight excluding hydrogens is 310 g/mol. The molecule has 1 aromatic carbocycles. The Bertz CT molecular complexity index is 708. The number of hydrogen-bond acceptors (Lipinski definition) is 3. The van der Waals surface area contributed by atoms with Crippen LogP contribution in [0.5, 0.6) is 0 Å². The molecule has 1 fully saturated rings. The van der Waals surface area contributed by atoms with E-state index in [9.17, 15) is 4.79 Å². The van der Waals surface area contributed by atoms with Crippen LogP contribution in [0.3, 0.4) is 0 Å². The van der Waals surface area contributed by atoms with Gasteiger partial charge in [-0.25, -0.2) is 0 Å². The Labute approximate surface area is 150 Å². The lowest BCUT2D eigenvalue weighted by molar-refractivity contribution is 0.0641. The van der Waals surface area contributed by atoms with Crippen LogP contribution < -0.4 is 5.32 Å². The molecule has 4 heteroatoms. The van der Waals surface area contributed by atoms with Crippen LogP contribution in [0, 0.1) is 6.92 Å². The Hall–Kier alpha value is -2.20. The zero-order valence-corrected chi connectivity index (χ0v) is 15.2. The summed E-state index contributed by atoms with van der Waals surface area (Å²) in [5.41, 5.74) is 3.53. The van der Waals surface area contributed by atoms with E-state index < -0.39 is 0 Å². The summed E-state index contributed by atoms with van der Waals surface area (Å²) in [5, 5.41) is 3.38. The second-order valence-corrected chi connectivity index (χ2v) is 6.68. The van der Waals surface area contributed by atoms with Gasteiger partial charge in [-0.05, 0) is 51.4 Å². The number of amides is 1. The van der Waals surface area contributed by atoms with Crippen molar-refractivity contribution >= 4 is 5.91 Å². The molecule has 2 aromatic rings. The van der Waals surface area contributed by atoms with Crippen LogP contribution in [0.25, 0.3) is 11.3 Å². The van der Waals surface area contributed by atoms with Gasteiger partial charge in [0, 0.05) is 18.2 Å². The van der Waals surface area contributed by atoms with Crippen LogP contribution in [0.15, 0.2) is 42.5 Å². The maximum atomic E-state index is 13.2. The summed E-state index contributed by atoms with van der Waals surface area (Å²) in [6.45, 7) is 6.85. The summed E-state index contributed by atoms with van der Waals surface area (Å²) in [6, 6.07) is 14.3. The van der Waals surface area contributed by atoms with E-state index in [-0.39, 0.29) is 5.91 Å². The molecular formula is C21H27N3O. The van der Waals surface area contributed by atoms with Crippen molar-refractivity contribution in [1.29, 1.82) is 0 Å². The van der Waals surface area contributed by atoms with Crippen LogP contribution in [0.1, 0.15) is 42.2 Å². The van der Waals surface area contributed by atoms with Crippen LogP contribution >= 0.6 is 0 Å². The lowest BCUT2D eigenvalue weighted by Crippen LogP contribution is -2.46. The van der Waals surface area contributed by atoms with Crippen molar-refractivity contribution in [1.82, 2.24) is 15.2 Å². The van der Waals surface area contributed by atoms with E-state index in [0.717, 1.165) is 61.4 Å². The van der Waals surface area contributed by atoms with Crippen molar-refractivity contribution in [2.45, 2.75) is 39.2 Å². The van der Waals surface area contributed by atoms with E-state index in [1.165, 1.54) is 0 Å². The van der Waals surface area contributed by atoms with Gasteiger partial charge >= 0.3 is 0 Å². The minimum atomic E-state index is 0.123. The van der Waals surface area contributed by atoms with Crippen LogP contribution in [-0.4, -0.2) is 41.5 Å². The SMILES string of the molecule is CCCN(C(=O)c1ccc(-c2ccccc2)nc1C)C1CCNCC1. The molecule has 1 aliphatic heterocycles. The molecule has 0 spiro atoms. The van der Waals surface area contributed by atoms with E-state index in [0.29, 0.717) is 6.04 Å². The van der Waals surface area contributed by atoms with Crippen molar-refractivity contribution < 1.29 is 4.79 Å². The molecule has 0 radical (unpaired) electrons. The maximum Gasteiger partial charge on any atom is 0.255 e. The predicted molar refractivity (Wildman–Crippen MR) is 102 cm³/mol. The first-order chi connectivity index (χ1) is 12.2. The van der Waals surface area contributed by atoms with Gasteiger partial charge in [-0.3, -0.25) is 9.78 Å². The Morgan fingerprint density at radius 3 is 2.52 bits per heavy atom. The maximum absolute atomic E-state index is 13.2. The van der Waals surface area contributed by atoms with Crippen molar-refractivity contribution in [2.75, 3.05) is 19.6 Å². The molecule has 1 aliphatic rings. The molecule has 1 aromatic heterocycles. The number of aryl methyl sites for hydroxylation is 1. The first-order valence-corrected chi connectivity index (χ1v) is 9.25. The second-order valence-electron chi connectivity index (χ2n) is 6.68. The van der Waals surface area contributed by atoms with E-state index in [2.05, 4.69) is 17.1 Å². The van der Waals surface area contributed by atoms with Gasteiger partial charge in [0.2, 0.25) is 0 Å². The minimum absolute atomic E-state index is 0.123. The van der Waals surface area contributed by atoms with Gasteiger partial charge in [0.1, 0.15) is 0 Å². The fourth-order valence-corrected chi connectivity index (χ4v) is 3.52. The number of carbonyl (C=O) groups is 1. The highest BCUT2D eigenvalue weighted by atomic mass is 16.2. The summed E-state index contributed by atoms with van der Waals surface area (Å²) in [7, 11) is 0. The quantitative estimate of drug-likeness (QED) is 0.905. The van der Waals surface area contributed by atoms with Gasteiger partial charge in [-0.1, -0.05) is 37.3 Å². The number of piperidine rings is 1. The van der Waals surface area contributed by atoms with E-state index >= 15 is 0 Å². The van der Waals surface area contributed by atoms with Gasteiger partial charge in [0.25, 0.3) is 5.91 Å². The first kappa shape index (κ1) is 17.6. The molecule has 1 saturated heterocycles. The van der Waals surface area contributed by atoms with Gasteiger partial charge in [-0.15, -0.1) is 0 Å². The van der Waals surface area contributed by atoms with Crippen LogP contribution in [-0.2, 0) is 0 Å². The molecule has 0 bridgehead atoms. The number of carbonyl (C=O) groups excluding carboxylic acids is 1. The highest BCUT2D eigenvalue weighted by Crippen LogP contribution is 2.21. The summed E-state index contributed by atoms with van der Waals surface area (Å²) >= 11 is 0. The molecule has 0 unspecified atom stereocenters. The van der Waals surface area contributed by atoms with Gasteiger partial charge in [0.05, 0.1) is 17.0 Å². The van der Waals surface area contributed by atoms with E-state index in [1.54, 1.807) is 0 Å². The third kappa shape index (κ3) is 4.07. The van der Waals surface area contributed by atoms with Gasteiger partial charge in [-0.2, -0.15) is 0 Å². The lowest BCUT2D eigenvalue weighted by atomic mass is 10.0. The Morgan fingerprint density at radius 2 is 1.88 bits per heavy atom. The highest BCUT2D eigenvalue weighted by molar-refractivity contribution is 5.95. The first-order valence-electron chi connectivity index (χ1n) is 9.25. The number of nitrogens with zero attached hydrogens (tertiary/aromatic N) is 2. The predicted octanol–water partition coefficient (Wildman–Crippen LogP) is 3.66. The van der Waals surface area contributed by atoms with Crippen molar-refractivity contribution in [2.24, 2.45) is 0 Å². The lowest BCUT2D eigenvalue weighted by Gasteiger charge is -2.35. The number of pyridine rings is 1. The average Bonchev–Trinajstić information content (AvgIpc) is 2.67. The molecule has 1 amide bonds. The number of hydrogen-bond donors (Lipinski definition) is 1. The summed E-state index contributed by atoms with van der Waals surface area (Å²) in [4.78, 5) is 19.9. The molecule has 3 rings (SSSR count). The Balaban J connectivity index is 1.85. The van der Waals surface area contributed by atoms with Crippen molar-refractivity contribution in [3.63, 3.8) is 0 Å². The summed E-state index contributed by atoms with van der Waals surface area (Å²) in [6.07, 6.45) is 3.03. The van der Waals surface area contributed by atoms with Gasteiger partial charge < -0.3 is 10.2 Å². The molecule has 25 heavy (non-hydrogen) atoms. The standard InChI is InChI=1S/C21H27N3O/c1-3-15-24(18-11-13-22-14-12-18)21(25)19-9-10-20(23-16(19)2)17-7-5-4-6-8-17/h4-10,18,22H,3,11-15H2,1-2H3. The Morgan fingerprint density at radius 1 is 1.16 bits per heavy atom. The van der Waals surface area contributed by atoms with E-state index in [1.807, 2.05) is 49.4 Å². The number of benzene rings is 1. The molecule has 1 N–H and O–H groups in total. The van der Waals surface area contributed by atoms with Crippen LogP contribution in [0.4, 0.5) is 0 Å². The van der Waals surface area contributed by atoms with Crippen LogP contribution in [0.2, 0.25) is 0 Å². The number of rotatable bonds is 5. The zero-order chi connectivity index (χ0) is 17.6. The highest BCUT2D eigenvalue weighted by Gasteiger charge is 2.26. The Kier molecular flexibility index (Phi) is 5.82. The minimum Gasteiger partial charge on any atom is -0.336 e. The summed E-state index contributed by atoms with van der Waals surface area (Å²) < 4.78 is 0. The molecule has 4 nitrogen and oxygen atoms in total. The number of aromatic nitrogens is 1. The third-order valence-corrected chi connectivity index (χ3v) is 4.86. The fraction of sp³-hybridized carbons (Fsp3) is 0.429. The third-order valence-electron chi connectivity index (χ3n) is 4.86. The zero-order valence-electron chi connectivity index (χ0n) is 15.2. The van der Waals surface area contributed by atoms with E-state index in [4.69, 9.17) is 4.98 Å².